The minimum Gasteiger partial charge on any atom is -0.497 e. The number of nitrogens with zero attached hydrogens (tertiary/aromatic N) is 2. The lowest BCUT2D eigenvalue weighted by atomic mass is 10.1. The molecule has 158 valence electrons. The third-order valence-electron chi connectivity index (χ3n) is 4.88. The van der Waals surface area contributed by atoms with Crippen LogP contribution in [0.4, 0.5) is 5.13 Å². The number of fused-ring (bicyclic) bond motifs is 1. The molecule has 0 aliphatic carbocycles. The Morgan fingerprint density at radius 2 is 1.61 bits per heavy atom. The molecule has 1 heterocycles. The van der Waals surface area contributed by atoms with Crippen molar-refractivity contribution >= 4 is 32.6 Å². The maximum Gasteiger partial charge on any atom is 0.264 e. The molecule has 0 atom stereocenters. The molecule has 1 amide bonds. The zero-order valence-electron chi connectivity index (χ0n) is 17.5. The molecule has 6 nitrogen and oxygen atoms in total. The van der Waals surface area contributed by atoms with Crippen LogP contribution < -0.4 is 19.1 Å². The van der Waals surface area contributed by atoms with Gasteiger partial charge >= 0.3 is 0 Å². The van der Waals surface area contributed by atoms with Crippen molar-refractivity contribution in [3.63, 3.8) is 0 Å². The average molecular weight is 435 g/mol. The van der Waals surface area contributed by atoms with Crippen LogP contribution in [0.5, 0.6) is 17.2 Å². The highest BCUT2D eigenvalue weighted by Crippen LogP contribution is 2.34. The maximum absolute atomic E-state index is 13.7. The quantitative estimate of drug-likeness (QED) is 0.402. The second-order valence-corrected chi connectivity index (χ2v) is 7.78. The molecule has 0 aliphatic heterocycles. The number of ether oxygens (including phenoxy) is 3. The van der Waals surface area contributed by atoms with Crippen molar-refractivity contribution in [2.75, 3.05) is 26.2 Å². The van der Waals surface area contributed by atoms with E-state index in [-0.39, 0.29) is 5.91 Å². The van der Waals surface area contributed by atoms with Gasteiger partial charge in [-0.2, -0.15) is 0 Å². The molecule has 4 aromatic rings. The Morgan fingerprint density at radius 3 is 2.32 bits per heavy atom. The van der Waals surface area contributed by atoms with Gasteiger partial charge in [-0.15, -0.1) is 0 Å². The number of thiazole rings is 1. The Labute approximate surface area is 184 Å². The summed E-state index contributed by atoms with van der Waals surface area (Å²) in [5.41, 5.74) is 2.22. The number of methoxy groups -OCH3 is 3. The molecular weight excluding hydrogens is 412 g/mol. The predicted molar refractivity (Wildman–Crippen MR) is 123 cm³/mol. The minimum absolute atomic E-state index is 0.217. The molecule has 3 aromatic carbocycles. The highest BCUT2D eigenvalue weighted by Gasteiger charge is 2.25. The molecule has 0 fully saturated rings. The van der Waals surface area contributed by atoms with Crippen molar-refractivity contribution in [1.82, 2.24) is 4.98 Å². The summed E-state index contributed by atoms with van der Waals surface area (Å²) in [6, 6.07) is 20.7. The predicted octanol–water partition coefficient (Wildman–Crippen LogP) is 5.17. The molecule has 0 N–H and O–H groups in total. The topological polar surface area (TPSA) is 60.9 Å². The second-order valence-electron chi connectivity index (χ2n) is 6.77. The first-order valence-corrected chi connectivity index (χ1v) is 10.5. The summed E-state index contributed by atoms with van der Waals surface area (Å²) in [5.74, 6) is 1.59. The van der Waals surface area contributed by atoms with Gasteiger partial charge in [0.25, 0.3) is 5.91 Å². The highest BCUT2D eigenvalue weighted by atomic mass is 32.1. The van der Waals surface area contributed by atoms with Crippen LogP contribution in [0, 0.1) is 0 Å². The third kappa shape index (κ3) is 4.32. The van der Waals surface area contributed by atoms with E-state index < -0.39 is 0 Å². The maximum atomic E-state index is 13.7. The van der Waals surface area contributed by atoms with Crippen LogP contribution in [0.2, 0.25) is 0 Å². The van der Waals surface area contributed by atoms with Crippen LogP contribution in [-0.4, -0.2) is 32.2 Å². The molecule has 0 saturated heterocycles. The molecule has 0 saturated carbocycles. The van der Waals surface area contributed by atoms with E-state index in [9.17, 15) is 4.79 Å². The molecule has 0 spiro atoms. The SMILES string of the molecule is COc1ccc(OC)c(C(=O)N(Cc2ccccc2)c2nc3ccc(OC)cc3s2)c1. The number of hydrogen-bond acceptors (Lipinski definition) is 6. The van der Waals surface area contributed by atoms with E-state index in [0.29, 0.717) is 28.7 Å². The number of amides is 1. The number of anilines is 1. The van der Waals surface area contributed by atoms with E-state index in [1.54, 1.807) is 44.4 Å². The van der Waals surface area contributed by atoms with Crippen LogP contribution >= 0.6 is 11.3 Å². The van der Waals surface area contributed by atoms with Gasteiger partial charge in [-0.05, 0) is 42.0 Å². The van der Waals surface area contributed by atoms with Gasteiger partial charge in [-0.25, -0.2) is 4.98 Å². The number of benzene rings is 3. The van der Waals surface area contributed by atoms with Crippen LogP contribution in [-0.2, 0) is 6.54 Å². The Morgan fingerprint density at radius 1 is 0.903 bits per heavy atom. The first kappa shape index (κ1) is 20.7. The summed E-state index contributed by atoms with van der Waals surface area (Å²) in [4.78, 5) is 20.1. The molecule has 0 aliphatic rings. The van der Waals surface area contributed by atoms with E-state index in [4.69, 9.17) is 19.2 Å². The Hall–Kier alpha value is -3.58. The Bertz CT molecular complexity index is 1210. The first-order valence-electron chi connectivity index (χ1n) is 9.65. The van der Waals surface area contributed by atoms with Gasteiger partial charge in [0.1, 0.15) is 17.2 Å². The van der Waals surface area contributed by atoms with Crippen LogP contribution in [0.3, 0.4) is 0 Å². The van der Waals surface area contributed by atoms with Crippen LogP contribution in [0.1, 0.15) is 15.9 Å². The van der Waals surface area contributed by atoms with E-state index in [2.05, 4.69) is 0 Å². The minimum atomic E-state index is -0.217. The Balaban J connectivity index is 1.80. The summed E-state index contributed by atoms with van der Waals surface area (Å²) in [5, 5.41) is 0.599. The zero-order chi connectivity index (χ0) is 21.8. The second kappa shape index (κ2) is 9.06. The molecule has 0 radical (unpaired) electrons. The summed E-state index contributed by atoms with van der Waals surface area (Å²) < 4.78 is 17.1. The number of hydrogen-bond donors (Lipinski definition) is 0. The zero-order valence-corrected chi connectivity index (χ0v) is 18.3. The monoisotopic (exact) mass is 434 g/mol. The van der Waals surface area contributed by atoms with Crippen molar-refractivity contribution < 1.29 is 19.0 Å². The van der Waals surface area contributed by atoms with Crippen molar-refractivity contribution in [3.05, 3.63) is 77.9 Å². The molecule has 31 heavy (non-hydrogen) atoms. The van der Waals surface area contributed by atoms with E-state index in [0.717, 1.165) is 21.5 Å². The summed E-state index contributed by atoms with van der Waals surface area (Å²) in [6.07, 6.45) is 0. The van der Waals surface area contributed by atoms with E-state index >= 15 is 0 Å². The molecule has 0 unspecified atom stereocenters. The molecule has 0 bridgehead atoms. The largest absolute Gasteiger partial charge is 0.497 e. The van der Waals surface area contributed by atoms with Crippen molar-refractivity contribution in [2.45, 2.75) is 6.54 Å². The summed E-state index contributed by atoms with van der Waals surface area (Å²) >= 11 is 1.44. The summed E-state index contributed by atoms with van der Waals surface area (Å²) in [6.45, 7) is 0.372. The molecule has 7 heteroatoms. The lowest BCUT2D eigenvalue weighted by Gasteiger charge is -2.21. The molecular formula is C24H22N2O4S. The van der Waals surface area contributed by atoms with Gasteiger partial charge in [0.2, 0.25) is 0 Å². The number of carbonyl (C=O) groups is 1. The number of aromatic nitrogens is 1. The standard InChI is InChI=1S/C24H22N2O4S/c1-28-17-10-12-21(30-3)19(13-17)23(27)26(15-16-7-5-4-6-8-16)24-25-20-11-9-18(29-2)14-22(20)31-24/h4-14H,15H2,1-3H3. The first-order chi connectivity index (χ1) is 15.1. The van der Waals surface area contributed by atoms with Gasteiger partial charge in [0, 0.05) is 0 Å². The van der Waals surface area contributed by atoms with Gasteiger partial charge < -0.3 is 14.2 Å². The molecule has 1 aromatic heterocycles. The third-order valence-corrected chi connectivity index (χ3v) is 5.92. The van der Waals surface area contributed by atoms with Crippen molar-refractivity contribution in [3.8, 4) is 17.2 Å². The van der Waals surface area contributed by atoms with Crippen LogP contribution in [0.15, 0.2) is 66.7 Å². The van der Waals surface area contributed by atoms with E-state index in [1.807, 2.05) is 48.5 Å². The Kier molecular flexibility index (Phi) is 6.04. The fraction of sp³-hybridized carbons (Fsp3) is 0.167. The average Bonchev–Trinajstić information content (AvgIpc) is 3.25. The van der Waals surface area contributed by atoms with E-state index in [1.165, 1.54) is 11.3 Å². The lowest BCUT2D eigenvalue weighted by Crippen LogP contribution is -2.30. The van der Waals surface area contributed by atoms with Crippen LogP contribution in [0.25, 0.3) is 10.2 Å². The fourth-order valence-corrected chi connectivity index (χ4v) is 4.25. The van der Waals surface area contributed by atoms with Gasteiger partial charge in [-0.1, -0.05) is 41.7 Å². The normalized spacial score (nSPS) is 10.7. The van der Waals surface area contributed by atoms with Gasteiger partial charge in [-0.3, -0.25) is 9.69 Å². The van der Waals surface area contributed by atoms with Crippen molar-refractivity contribution in [2.24, 2.45) is 0 Å². The highest BCUT2D eigenvalue weighted by molar-refractivity contribution is 7.22. The number of carbonyl (C=O) groups excluding carboxylic acids is 1. The number of rotatable bonds is 7. The smallest absolute Gasteiger partial charge is 0.264 e. The van der Waals surface area contributed by atoms with Crippen molar-refractivity contribution in [1.29, 1.82) is 0 Å². The fourth-order valence-electron chi connectivity index (χ4n) is 3.25. The lowest BCUT2D eigenvalue weighted by molar-refractivity contribution is 0.0982. The summed E-state index contributed by atoms with van der Waals surface area (Å²) in [7, 11) is 4.74. The van der Waals surface area contributed by atoms with Gasteiger partial charge in [0.05, 0.1) is 43.7 Å². The molecule has 4 rings (SSSR count). The van der Waals surface area contributed by atoms with Gasteiger partial charge in [0.15, 0.2) is 5.13 Å².